The fraction of sp³-hybridized carbons (Fsp3) is 0.357. The number of aromatic nitrogens is 2. The van der Waals surface area contributed by atoms with Crippen LogP contribution in [0.3, 0.4) is 0 Å². The van der Waals surface area contributed by atoms with Gasteiger partial charge in [0.1, 0.15) is 0 Å². The highest BCUT2D eigenvalue weighted by Crippen LogP contribution is 2.27. The summed E-state index contributed by atoms with van der Waals surface area (Å²) >= 11 is 0. The van der Waals surface area contributed by atoms with E-state index in [9.17, 15) is 4.39 Å². The molecule has 0 bridgehead atoms. The van der Waals surface area contributed by atoms with Gasteiger partial charge in [0.2, 0.25) is 5.95 Å². The average molecular weight is 261 g/mol. The molecule has 19 heavy (non-hydrogen) atoms. The van der Waals surface area contributed by atoms with Gasteiger partial charge in [-0.05, 0) is 31.9 Å². The standard InChI is InChI=1S/C14H16FN3O/c1-9-8-18(14(16-9)17-10-3-4-10)11-5-6-13(19-2)12(15)7-11/h5-8,10H,3-4H2,1-2H3,(H,16,17). The second kappa shape index (κ2) is 4.57. The minimum absolute atomic E-state index is 0.247. The van der Waals surface area contributed by atoms with Gasteiger partial charge in [-0.15, -0.1) is 0 Å². The molecule has 100 valence electrons. The van der Waals surface area contributed by atoms with Crippen LogP contribution in [0.2, 0.25) is 0 Å². The van der Waals surface area contributed by atoms with E-state index in [1.165, 1.54) is 26.0 Å². The molecule has 1 aromatic heterocycles. The normalized spacial score (nSPS) is 14.5. The molecule has 1 fully saturated rings. The first-order valence-corrected chi connectivity index (χ1v) is 6.34. The molecule has 1 N–H and O–H groups in total. The Morgan fingerprint density at radius 2 is 2.21 bits per heavy atom. The van der Waals surface area contributed by atoms with Crippen LogP contribution in [-0.4, -0.2) is 22.7 Å². The third-order valence-electron chi connectivity index (χ3n) is 3.15. The summed E-state index contributed by atoms with van der Waals surface area (Å²) < 4.78 is 20.6. The van der Waals surface area contributed by atoms with Gasteiger partial charge in [-0.25, -0.2) is 9.37 Å². The highest BCUT2D eigenvalue weighted by Gasteiger charge is 2.23. The van der Waals surface area contributed by atoms with Gasteiger partial charge < -0.3 is 10.1 Å². The fourth-order valence-electron chi connectivity index (χ4n) is 2.01. The number of halogens is 1. The summed E-state index contributed by atoms with van der Waals surface area (Å²) in [5.74, 6) is 0.644. The van der Waals surface area contributed by atoms with Crippen molar-refractivity contribution in [3.05, 3.63) is 35.9 Å². The number of imidazole rings is 1. The lowest BCUT2D eigenvalue weighted by Gasteiger charge is -2.10. The number of ether oxygens (including phenoxy) is 1. The van der Waals surface area contributed by atoms with Crippen molar-refractivity contribution in [2.45, 2.75) is 25.8 Å². The molecular weight excluding hydrogens is 245 g/mol. The SMILES string of the molecule is COc1ccc(-n2cc(C)nc2NC2CC2)cc1F. The number of methoxy groups -OCH3 is 1. The van der Waals surface area contributed by atoms with Crippen LogP contribution >= 0.6 is 0 Å². The van der Waals surface area contributed by atoms with Crippen molar-refractivity contribution in [1.29, 1.82) is 0 Å². The third-order valence-corrected chi connectivity index (χ3v) is 3.15. The molecular formula is C14H16FN3O. The Morgan fingerprint density at radius 3 is 2.84 bits per heavy atom. The molecule has 1 aliphatic rings. The zero-order chi connectivity index (χ0) is 13.4. The predicted octanol–water partition coefficient (Wildman–Crippen LogP) is 2.90. The van der Waals surface area contributed by atoms with Crippen molar-refractivity contribution in [2.24, 2.45) is 0 Å². The molecule has 1 heterocycles. The summed E-state index contributed by atoms with van der Waals surface area (Å²) in [5.41, 5.74) is 1.64. The Balaban J connectivity index is 1.98. The second-order valence-electron chi connectivity index (χ2n) is 4.81. The smallest absolute Gasteiger partial charge is 0.207 e. The van der Waals surface area contributed by atoms with Gasteiger partial charge in [-0.1, -0.05) is 0 Å². The minimum atomic E-state index is -0.372. The Bertz CT molecular complexity index is 605. The van der Waals surface area contributed by atoms with Crippen LogP contribution < -0.4 is 10.1 Å². The lowest BCUT2D eigenvalue weighted by atomic mass is 10.3. The highest BCUT2D eigenvalue weighted by atomic mass is 19.1. The molecule has 0 saturated heterocycles. The van der Waals surface area contributed by atoms with Crippen LogP contribution in [-0.2, 0) is 0 Å². The zero-order valence-electron chi connectivity index (χ0n) is 11.0. The molecule has 0 radical (unpaired) electrons. The lowest BCUT2D eigenvalue weighted by molar-refractivity contribution is 0.386. The summed E-state index contributed by atoms with van der Waals surface area (Å²) in [6.45, 7) is 1.93. The van der Waals surface area contributed by atoms with Gasteiger partial charge in [0.15, 0.2) is 11.6 Å². The summed E-state index contributed by atoms with van der Waals surface area (Å²) in [7, 11) is 1.46. The monoisotopic (exact) mass is 261 g/mol. The van der Waals surface area contributed by atoms with Crippen LogP contribution in [0, 0.1) is 12.7 Å². The summed E-state index contributed by atoms with van der Waals surface area (Å²) in [6, 6.07) is 5.41. The number of anilines is 1. The van der Waals surface area contributed by atoms with Crippen LogP contribution in [0.1, 0.15) is 18.5 Å². The Labute approximate surface area is 111 Å². The van der Waals surface area contributed by atoms with Crippen LogP contribution in [0.25, 0.3) is 5.69 Å². The van der Waals surface area contributed by atoms with E-state index in [0.29, 0.717) is 6.04 Å². The predicted molar refractivity (Wildman–Crippen MR) is 71.5 cm³/mol. The summed E-state index contributed by atoms with van der Waals surface area (Å²) in [4.78, 5) is 4.44. The van der Waals surface area contributed by atoms with E-state index in [2.05, 4.69) is 10.3 Å². The van der Waals surface area contributed by atoms with Crippen LogP contribution in [0.4, 0.5) is 10.3 Å². The molecule has 1 aromatic carbocycles. The zero-order valence-corrected chi connectivity index (χ0v) is 11.0. The number of hydrogen-bond acceptors (Lipinski definition) is 3. The van der Waals surface area contributed by atoms with E-state index >= 15 is 0 Å². The molecule has 0 unspecified atom stereocenters. The number of hydrogen-bond donors (Lipinski definition) is 1. The van der Waals surface area contributed by atoms with Gasteiger partial charge in [0.25, 0.3) is 0 Å². The maximum absolute atomic E-state index is 13.8. The van der Waals surface area contributed by atoms with Gasteiger partial charge in [-0.2, -0.15) is 0 Å². The quantitative estimate of drug-likeness (QED) is 0.919. The average Bonchev–Trinajstić information content (AvgIpc) is 3.12. The Hall–Kier alpha value is -2.04. The van der Waals surface area contributed by atoms with Crippen molar-refractivity contribution >= 4 is 5.95 Å². The molecule has 0 spiro atoms. The van der Waals surface area contributed by atoms with Crippen molar-refractivity contribution < 1.29 is 9.13 Å². The first-order chi connectivity index (χ1) is 9.17. The lowest BCUT2D eigenvalue weighted by Crippen LogP contribution is -2.07. The van der Waals surface area contributed by atoms with Gasteiger partial charge in [-0.3, -0.25) is 4.57 Å². The maximum atomic E-state index is 13.8. The van der Waals surface area contributed by atoms with E-state index in [0.717, 1.165) is 17.3 Å². The molecule has 0 amide bonds. The molecule has 1 aliphatic carbocycles. The summed E-state index contributed by atoms with van der Waals surface area (Å²) in [6.07, 6.45) is 4.23. The first kappa shape index (κ1) is 12.0. The van der Waals surface area contributed by atoms with Gasteiger partial charge in [0, 0.05) is 18.3 Å². The number of benzene rings is 1. The maximum Gasteiger partial charge on any atom is 0.207 e. The Morgan fingerprint density at radius 1 is 1.42 bits per heavy atom. The molecule has 3 rings (SSSR count). The largest absolute Gasteiger partial charge is 0.494 e. The first-order valence-electron chi connectivity index (χ1n) is 6.34. The molecule has 0 atom stereocenters. The fourth-order valence-corrected chi connectivity index (χ4v) is 2.01. The number of nitrogens with zero attached hydrogens (tertiary/aromatic N) is 2. The van der Waals surface area contributed by atoms with Crippen LogP contribution in [0.5, 0.6) is 5.75 Å². The molecule has 5 heteroatoms. The van der Waals surface area contributed by atoms with Crippen molar-refractivity contribution in [3.63, 3.8) is 0 Å². The summed E-state index contributed by atoms with van der Waals surface area (Å²) in [5, 5.41) is 3.35. The van der Waals surface area contributed by atoms with E-state index in [1.807, 2.05) is 23.8 Å². The Kier molecular flexibility index (Phi) is 2.89. The van der Waals surface area contributed by atoms with Crippen molar-refractivity contribution in [2.75, 3.05) is 12.4 Å². The highest BCUT2D eigenvalue weighted by molar-refractivity contribution is 5.46. The topological polar surface area (TPSA) is 39.1 Å². The molecule has 4 nitrogen and oxygen atoms in total. The van der Waals surface area contributed by atoms with Crippen molar-refractivity contribution in [1.82, 2.24) is 9.55 Å². The van der Waals surface area contributed by atoms with E-state index in [-0.39, 0.29) is 11.6 Å². The number of rotatable bonds is 4. The number of nitrogens with one attached hydrogen (secondary N) is 1. The van der Waals surface area contributed by atoms with E-state index < -0.39 is 0 Å². The molecule has 0 aliphatic heterocycles. The van der Waals surface area contributed by atoms with Gasteiger partial charge >= 0.3 is 0 Å². The van der Waals surface area contributed by atoms with E-state index in [4.69, 9.17) is 4.74 Å². The second-order valence-corrected chi connectivity index (χ2v) is 4.81. The van der Waals surface area contributed by atoms with Crippen molar-refractivity contribution in [3.8, 4) is 11.4 Å². The molecule has 2 aromatic rings. The van der Waals surface area contributed by atoms with Gasteiger partial charge in [0.05, 0.1) is 18.5 Å². The van der Waals surface area contributed by atoms with E-state index in [1.54, 1.807) is 6.07 Å². The third kappa shape index (κ3) is 2.41. The molecule has 1 saturated carbocycles. The number of aryl methyl sites for hydroxylation is 1. The minimum Gasteiger partial charge on any atom is -0.494 e. The van der Waals surface area contributed by atoms with Crippen LogP contribution in [0.15, 0.2) is 24.4 Å².